The number of anilines is 1. The van der Waals surface area contributed by atoms with Crippen LogP contribution in [0.4, 0.5) is 10.8 Å². The van der Waals surface area contributed by atoms with Crippen LogP contribution in [0.5, 0.6) is 5.75 Å². The normalized spacial score (nSPS) is 11.2. The lowest BCUT2D eigenvalue weighted by molar-refractivity contribution is -0.384. The number of halogens is 2. The van der Waals surface area contributed by atoms with E-state index >= 15 is 0 Å². The number of carbonyl (C=O) groups excluding carboxylic acids is 1. The van der Waals surface area contributed by atoms with Gasteiger partial charge < -0.3 is 4.74 Å². The second-order valence-electron chi connectivity index (χ2n) is 6.28. The van der Waals surface area contributed by atoms with Gasteiger partial charge in [-0.3, -0.25) is 14.9 Å². The van der Waals surface area contributed by atoms with Crippen molar-refractivity contribution < 1.29 is 14.5 Å². The number of hydrogen-bond donors (Lipinski definition) is 0. The van der Waals surface area contributed by atoms with Gasteiger partial charge in [-0.2, -0.15) is 10.1 Å². The molecular formula is C20H12Cl2N4O4S2. The zero-order chi connectivity index (χ0) is 22.8. The Balaban J connectivity index is 1.75. The Hall–Kier alpha value is -3.05. The van der Waals surface area contributed by atoms with Crippen LogP contribution in [0.1, 0.15) is 15.9 Å². The van der Waals surface area contributed by atoms with Crippen molar-refractivity contribution in [3.05, 3.63) is 78.4 Å². The highest BCUT2D eigenvalue weighted by Gasteiger charge is 2.25. The summed E-state index contributed by atoms with van der Waals surface area (Å²) in [5.74, 6) is 0.148. The molecule has 0 bridgehead atoms. The number of aromatic nitrogens is 1. The summed E-state index contributed by atoms with van der Waals surface area (Å²) in [4.78, 5) is 28.1. The van der Waals surface area contributed by atoms with Crippen molar-refractivity contribution in [3.8, 4) is 5.75 Å². The summed E-state index contributed by atoms with van der Waals surface area (Å²) in [5.41, 5.74) is 1.38. The summed E-state index contributed by atoms with van der Waals surface area (Å²) >= 11 is 14.5. The van der Waals surface area contributed by atoms with Gasteiger partial charge in [0, 0.05) is 12.1 Å². The number of hydrazone groups is 1. The lowest BCUT2D eigenvalue weighted by Gasteiger charge is -2.13. The molecule has 8 nitrogen and oxygen atoms in total. The number of ether oxygens (including phenoxy) is 1. The fourth-order valence-electron chi connectivity index (χ4n) is 2.71. The number of methoxy groups -OCH3 is 1. The van der Waals surface area contributed by atoms with Crippen molar-refractivity contribution in [1.82, 2.24) is 4.98 Å². The maximum Gasteiger partial charge on any atom is 0.283 e. The number of thiophene rings is 1. The number of fused-ring (bicyclic) bond motifs is 1. The molecule has 4 aromatic rings. The van der Waals surface area contributed by atoms with Crippen molar-refractivity contribution in [2.24, 2.45) is 5.10 Å². The molecule has 2 heterocycles. The number of benzene rings is 2. The second kappa shape index (κ2) is 9.21. The van der Waals surface area contributed by atoms with E-state index in [1.54, 1.807) is 19.2 Å². The Kier molecular flexibility index (Phi) is 6.38. The first-order valence-corrected chi connectivity index (χ1v) is 11.3. The first-order valence-electron chi connectivity index (χ1n) is 8.88. The smallest absolute Gasteiger partial charge is 0.283 e. The average Bonchev–Trinajstić information content (AvgIpc) is 3.35. The molecule has 2 aromatic carbocycles. The molecule has 162 valence electrons. The highest BCUT2D eigenvalue weighted by molar-refractivity contribution is 7.22. The van der Waals surface area contributed by atoms with Crippen LogP contribution in [-0.4, -0.2) is 29.1 Å². The number of amides is 1. The van der Waals surface area contributed by atoms with Crippen LogP contribution in [0, 0.1) is 10.1 Å². The number of thiazole rings is 1. The molecule has 1 amide bonds. The van der Waals surface area contributed by atoms with Gasteiger partial charge in [-0.15, -0.1) is 11.3 Å². The number of nitrogens with zero attached hydrogens (tertiary/aromatic N) is 4. The molecule has 4 rings (SSSR count). The number of non-ortho nitro benzene ring substituents is 1. The van der Waals surface area contributed by atoms with Gasteiger partial charge in [-0.25, -0.2) is 4.98 Å². The Bertz CT molecular complexity index is 1350. The molecule has 0 N–H and O–H groups in total. The first kappa shape index (κ1) is 22.2. The zero-order valence-electron chi connectivity index (χ0n) is 16.2. The van der Waals surface area contributed by atoms with Gasteiger partial charge in [0.1, 0.15) is 10.1 Å². The second-order valence-corrected chi connectivity index (χ2v) is 9.57. The van der Waals surface area contributed by atoms with Gasteiger partial charge in [-0.1, -0.05) is 34.5 Å². The third-order valence-corrected chi connectivity index (χ3v) is 6.75. The van der Waals surface area contributed by atoms with E-state index in [1.807, 2.05) is 6.07 Å². The van der Waals surface area contributed by atoms with Crippen molar-refractivity contribution in [3.63, 3.8) is 0 Å². The summed E-state index contributed by atoms with van der Waals surface area (Å²) in [6.07, 6.45) is 1.41. The minimum atomic E-state index is -0.512. The molecule has 0 saturated carbocycles. The van der Waals surface area contributed by atoms with Crippen molar-refractivity contribution in [2.75, 3.05) is 12.1 Å². The number of nitro groups is 1. The minimum absolute atomic E-state index is 0.0464. The molecule has 0 aliphatic heterocycles. The van der Waals surface area contributed by atoms with Crippen LogP contribution in [0.15, 0.2) is 53.6 Å². The van der Waals surface area contributed by atoms with Crippen LogP contribution in [0.3, 0.4) is 0 Å². The van der Waals surface area contributed by atoms with Gasteiger partial charge in [-0.05, 0) is 42.0 Å². The number of nitro benzene ring substituents is 1. The van der Waals surface area contributed by atoms with Crippen LogP contribution < -0.4 is 9.75 Å². The third kappa shape index (κ3) is 4.58. The van der Waals surface area contributed by atoms with Gasteiger partial charge >= 0.3 is 0 Å². The van der Waals surface area contributed by atoms with E-state index in [0.29, 0.717) is 26.3 Å². The molecule has 0 unspecified atom stereocenters. The minimum Gasteiger partial charge on any atom is -0.497 e. The summed E-state index contributed by atoms with van der Waals surface area (Å²) in [5, 5.41) is 16.6. The molecule has 0 spiro atoms. The molecule has 12 heteroatoms. The van der Waals surface area contributed by atoms with E-state index in [2.05, 4.69) is 10.1 Å². The highest BCUT2D eigenvalue weighted by atomic mass is 35.5. The SMILES string of the molecule is COc1ccc2nc(N(/N=C/c3ccc([N+](=O)[O-])cc3)C(=O)c3cc(Cl)sc3Cl)sc2c1. The van der Waals surface area contributed by atoms with Gasteiger partial charge in [0.2, 0.25) is 5.13 Å². The van der Waals surface area contributed by atoms with Crippen molar-refractivity contribution in [2.45, 2.75) is 0 Å². The van der Waals surface area contributed by atoms with Crippen LogP contribution in [0.2, 0.25) is 8.67 Å². The maximum absolute atomic E-state index is 13.3. The topological polar surface area (TPSA) is 97.9 Å². The summed E-state index contributed by atoms with van der Waals surface area (Å²) in [6, 6.07) is 12.6. The highest BCUT2D eigenvalue weighted by Crippen LogP contribution is 2.36. The number of rotatable bonds is 6. The van der Waals surface area contributed by atoms with Crippen molar-refractivity contribution >= 4 is 79.0 Å². The predicted octanol–water partition coefficient (Wildman–Crippen LogP) is 6.26. The molecule has 0 atom stereocenters. The molecule has 0 aliphatic rings. The Morgan fingerprint density at radius 2 is 1.94 bits per heavy atom. The van der Waals surface area contributed by atoms with Crippen molar-refractivity contribution in [1.29, 1.82) is 0 Å². The number of hydrogen-bond acceptors (Lipinski definition) is 8. The van der Waals surface area contributed by atoms with Gasteiger partial charge in [0.25, 0.3) is 11.6 Å². The van der Waals surface area contributed by atoms with Crippen LogP contribution in [0.25, 0.3) is 10.2 Å². The molecule has 0 saturated heterocycles. The van der Waals surface area contributed by atoms with Crippen LogP contribution in [-0.2, 0) is 0 Å². The number of carbonyl (C=O) groups is 1. The van der Waals surface area contributed by atoms with E-state index < -0.39 is 10.8 Å². The summed E-state index contributed by atoms with van der Waals surface area (Å²) in [6.45, 7) is 0. The van der Waals surface area contributed by atoms with E-state index in [4.69, 9.17) is 27.9 Å². The fraction of sp³-hybridized carbons (Fsp3) is 0.0500. The summed E-state index contributed by atoms with van der Waals surface area (Å²) in [7, 11) is 1.57. The standard InChI is InChI=1S/C20H12Cl2N4O4S2/c1-30-13-6-7-15-16(8-13)31-20(24-15)25(19(27)14-9-17(21)32-18(14)22)23-10-11-2-4-12(5-3-11)26(28)29/h2-10H,1H3/b23-10+. The van der Waals surface area contributed by atoms with E-state index in [0.717, 1.165) is 21.0 Å². The lowest BCUT2D eigenvalue weighted by atomic mass is 10.2. The fourth-order valence-corrected chi connectivity index (χ4v) is 5.10. The first-order chi connectivity index (χ1) is 15.4. The molecule has 0 fully saturated rings. The van der Waals surface area contributed by atoms with Gasteiger partial charge in [0.15, 0.2) is 0 Å². The largest absolute Gasteiger partial charge is 0.497 e. The maximum atomic E-state index is 13.3. The zero-order valence-corrected chi connectivity index (χ0v) is 19.3. The Morgan fingerprint density at radius 1 is 1.19 bits per heavy atom. The van der Waals surface area contributed by atoms with E-state index in [1.165, 1.54) is 47.9 Å². The quantitative estimate of drug-likeness (QED) is 0.174. The molecule has 32 heavy (non-hydrogen) atoms. The monoisotopic (exact) mass is 506 g/mol. The van der Waals surface area contributed by atoms with Crippen LogP contribution >= 0.6 is 45.9 Å². The third-order valence-electron chi connectivity index (χ3n) is 4.27. The van der Waals surface area contributed by atoms with E-state index in [9.17, 15) is 14.9 Å². The predicted molar refractivity (Wildman–Crippen MR) is 128 cm³/mol. The molecule has 2 aromatic heterocycles. The molecule has 0 aliphatic carbocycles. The average molecular weight is 507 g/mol. The Labute approximate surface area is 199 Å². The summed E-state index contributed by atoms with van der Waals surface area (Å²) < 4.78 is 6.65. The van der Waals surface area contributed by atoms with Gasteiger partial charge in [0.05, 0.1) is 38.4 Å². The van der Waals surface area contributed by atoms with E-state index in [-0.39, 0.29) is 15.6 Å². The Morgan fingerprint density at radius 3 is 2.56 bits per heavy atom. The lowest BCUT2D eigenvalue weighted by Crippen LogP contribution is -2.25. The molecular weight excluding hydrogens is 495 g/mol. The molecule has 0 radical (unpaired) electrons.